The summed E-state index contributed by atoms with van der Waals surface area (Å²) in [4.78, 5) is 0. The van der Waals surface area contributed by atoms with Crippen LogP contribution in [0, 0.1) is 0 Å². The fraction of sp³-hybridized carbons (Fsp3) is 0.571. The Morgan fingerprint density at radius 1 is 1.35 bits per heavy atom. The number of anilines is 1. The van der Waals surface area contributed by atoms with Gasteiger partial charge in [-0.15, -0.1) is 0 Å². The van der Waals surface area contributed by atoms with Gasteiger partial charge in [0, 0.05) is 23.8 Å². The first-order valence-corrected chi connectivity index (χ1v) is 6.19. The Balaban J connectivity index is 2.29. The molecule has 0 amide bonds. The number of fused-ring (bicyclic) bond motifs is 1. The highest BCUT2D eigenvalue weighted by Crippen LogP contribution is 2.33. The van der Waals surface area contributed by atoms with Gasteiger partial charge in [0.2, 0.25) is 0 Å². The molecule has 0 saturated carbocycles. The van der Waals surface area contributed by atoms with E-state index in [9.17, 15) is 0 Å². The van der Waals surface area contributed by atoms with E-state index in [0.717, 1.165) is 18.7 Å². The Morgan fingerprint density at radius 2 is 2.12 bits per heavy atom. The van der Waals surface area contributed by atoms with Gasteiger partial charge in [-0.3, -0.25) is 0 Å². The summed E-state index contributed by atoms with van der Waals surface area (Å²) in [6, 6.07) is 6.64. The van der Waals surface area contributed by atoms with Gasteiger partial charge in [0.25, 0.3) is 0 Å². The number of hydrogen-bond donors (Lipinski definition) is 2. The van der Waals surface area contributed by atoms with Gasteiger partial charge < -0.3 is 15.4 Å². The molecule has 17 heavy (non-hydrogen) atoms. The molecule has 1 heterocycles. The van der Waals surface area contributed by atoms with Crippen LogP contribution in [0.3, 0.4) is 0 Å². The highest BCUT2D eigenvalue weighted by Gasteiger charge is 2.24. The Kier molecular flexibility index (Phi) is 3.29. The van der Waals surface area contributed by atoms with Crippen LogP contribution in [0.1, 0.15) is 38.8 Å². The lowest BCUT2D eigenvalue weighted by atomic mass is 9.95. The minimum absolute atomic E-state index is 0.127. The van der Waals surface area contributed by atoms with E-state index in [0.29, 0.717) is 6.04 Å². The molecule has 94 valence electrons. The molecule has 0 bridgehead atoms. The Labute approximate surface area is 104 Å². The van der Waals surface area contributed by atoms with Crippen molar-refractivity contribution < 1.29 is 4.74 Å². The third-order valence-corrected chi connectivity index (χ3v) is 2.99. The second kappa shape index (κ2) is 4.57. The lowest BCUT2D eigenvalue weighted by Crippen LogP contribution is -2.41. The minimum atomic E-state index is 0.127. The zero-order valence-corrected chi connectivity index (χ0v) is 11.1. The molecule has 1 atom stereocenters. The topological polar surface area (TPSA) is 33.3 Å². The van der Waals surface area contributed by atoms with E-state index in [4.69, 9.17) is 4.74 Å². The van der Waals surface area contributed by atoms with Crippen molar-refractivity contribution in [3.8, 4) is 5.75 Å². The maximum atomic E-state index is 5.30. The average Bonchev–Trinajstić information content (AvgIpc) is 2.27. The average molecular weight is 234 g/mol. The number of benzene rings is 1. The van der Waals surface area contributed by atoms with E-state index in [1.54, 1.807) is 7.11 Å². The maximum Gasteiger partial charge on any atom is 0.119 e. The van der Waals surface area contributed by atoms with Gasteiger partial charge in [0.05, 0.1) is 7.11 Å². The van der Waals surface area contributed by atoms with Crippen LogP contribution in [-0.2, 0) is 0 Å². The van der Waals surface area contributed by atoms with Crippen molar-refractivity contribution in [3.05, 3.63) is 23.8 Å². The molecule has 0 spiro atoms. The largest absolute Gasteiger partial charge is 0.497 e. The molecule has 3 nitrogen and oxygen atoms in total. The van der Waals surface area contributed by atoms with Gasteiger partial charge in [0.15, 0.2) is 0 Å². The summed E-state index contributed by atoms with van der Waals surface area (Å²) in [5.41, 5.74) is 2.66. The van der Waals surface area contributed by atoms with Gasteiger partial charge in [0.1, 0.15) is 5.75 Å². The molecule has 1 unspecified atom stereocenters. The molecule has 3 heteroatoms. The van der Waals surface area contributed by atoms with Crippen LogP contribution in [0.4, 0.5) is 5.69 Å². The van der Waals surface area contributed by atoms with Crippen molar-refractivity contribution in [2.45, 2.75) is 38.8 Å². The maximum absolute atomic E-state index is 5.30. The van der Waals surface area contributed by atoms with Crippen molar-refractivity contribution in [1.29, 1.82) is 0 Å². The summed E-state index contributed by atoms with van der Waals surface area (Å²) in [5.74, 6) is 0.924. The SMILES string of the molecule is COc1ccc2c(c1)C(NC(C)(C)C)CCN2. The smallest absolute Gasteiger partial charge is 0.119 e. The monoisotopic (exact) mass is 234 g/mol. The molecule has 0 fully saturated rings. The van der Waals surface area contributed by atoms with E-state index < -0.39 is 0 Å². The molecule has 1 aromatic rings. The number of rotatable bonds is 2. The third-order valence-electron chi connectivity index (χ3n) is 2.99. The van der Waals surface area contributed by atoms with Crippen molar-refractivity contribution in [2.24, 2.45) is 0 Å². The first kappa shape index (κ1) is 12.2. The van der Waals surface area contributed by atoms with Gasteiger partial charge in [-0.2, -0.15) is 0 Å². The summed E-state index contributed by atoms with van der Waals surface area (Å²) in [6.07, 6.45) is 1.11. The zero-order chi connectivity index (χ0) is 12.5. The van der Waals surface area contributed by atoms with Crippen molar-refractivity contribution >= 4 is 5.69 Å². The molecule has 0 radical (unpaired) electrons. The second-order valence-electron chi connectivity index (χ2n) is 5.62. The Morgan fingerprint density at radius 3 is 2.76 bits per heavy atom. The third kappa shape index (κ3) is 2.91. The van der Waals surface area contributed by atoms with Crippen LogP contribution in [-0.4, -0.2) is 19.2 Å². The van der Waals surface area contributed by atoms with E-state index in [2.05, 4.69) is 43.5 Å². The molecule has 1 aliphatic heterocycles. The van der Waals surface area contributed by atoms with Gasteiger partial charge in [-0.05, 0) is 51.0 Å². The van der Waals surface area contributed by atoms with Crippen LogP contribution in [0.25, 0.3) is 0 Å². The first-order valence-electron chi connectivity index (χ1n) is 6.19. The van der Waals surface area contributed by atoms with Gasteiger partial charge >= 0.3 is 0 Å². The summed E-state index contributed by atoms with van der Waals surface area (Å²) in [6.45, 7) is 7.63. The minimum Gasteiger partial charge on any atom is -0.497 e. The highest BCUT2D eigenvalue weighted by molar-refractivity contribution is 5.57. The van der Waals surface area contributed by atoms with Crippen molar-refractivity contribution in [3.63, 3.8) is 0 Å². The molecule has 0 aromatic heterocycles. The Hall–Kier alpha value is -1.22. The van der Waals surface area contributed by atoms with E-state index in [1.807, 2.05) is 6.07 Å². The van der Waals surface area contributed by atoms with Crippen LogP contribution >= 0.6 is 0 Å². The predicted octanol–water partition coefficient (Wildman–Crippen LogP) is 2.94. The summed E-state index contributed by atoms with van der Waals surface area (Å²) < 4.78 is 5.30. The second-order valence-corrected chi connectivity index (χ2v) is 5.62. The van der Waals surface area contributed by atoms with Crippen molar-refractivity contribution in [2.75, 3.05) is 19.0 Å². The summed E-state index contributed by atoms with van der Waals surface area (Å²) in [5, 5.41) is 7.10. The quantitative estimate of drug-likeness (QED) is 0.825. The molecular formula is C14H22N2O. The van der Waals surface area contributed by atoms with Gasteiger partial charge in [-0.25, -0.2) is 0 Å². The van der Waals surface area contributed by atoms with Crippen LogP contribution in [0.5, 0.6) is 5.75 Å². The number of hydrogen-bond acceptors (Lipinski definition) is 3. The van der Waals surface area contributed by atoms with E-state index >= 15 is 0 Å². The van der Waals surface area contributed by atoms with Crippen molar-refractivity contribution in [1.82, 2.24) is 5.32 Å². The van der Waals surface area contributed by atoms with Crippen LogP contribution in [0.2, 0.25) is 0 Å². The Bertz CT molecular complexity index is 396. The molecule has 1 aromatic carbocycles. The molecule has 0 aliphatic carbocycles. The molecular weight excluding hydrogens is 212 g/mol. The molecule has 0 saturated heterocycles. The lowest BCUT2D eigenvalue weighted by Gasteiger charge is -2.33. The standard InChI is InChI=1S/C14H22N2O/c1-14(2,3)16-13-7-8-15-12-6-5-10(17-4)9-11(12)13/h5-6,9,13,15-16H,7-8H2,1-4H3. The first-order chi connectivity index (χ1) is 7.99. The van der Waals surface area contributed by atoms with E-state index in [-0.39, 0.29) is 5.54 Å². The van der Waals surface area contributed by atoms with Crippen LogP contribution < -0.4 is 15.4 Å². The predicted molar refractivity (Wildman–Crippen MR) is 71.7 cm³/mol. The highest BCUT2D eigenvalue weighted by atomic mass is 16.5. The zero-order valence-electron chi connectivity index (χ0n) is 11.1. The number of ether oxygens (including phenoxy) is 1. The summed E-state index contributed by atoms with van der Waals surface area (Å²) >= 11 is 0. The summed E-state index contributed by atoms with van der Waals surface area (Å²) in [7, 11) is 1.71. The molecule has 2 rings (SSSR count). The number of nitrogens with one attached hydrogen (secondary N) is 2. The fourth-order valence-corrected chi connectivity index (χ4v) is 2.30. The van der Waals surface area contributed by atoms with E-state index in [1.165, 1.54) is 11.3 Å². The van der Waals surface area contributed by atoms with Crippen LogP contribution in [0.15, 0.2) is 18.2 Å². The molecule has 1 aliphatic rings. The number of methoxy groups -OCH3 is 1. The van der Waals surface area contributed by atoms with Gasteiger partial charge in [-0.1, -0.05) is 0 Å². The fourth-order valence-electron chi connectivity index (χ4n) is 2.30. The lowest BCUT2D eigenvalue weighted by molar-refractivity contribution is 0.349. The molecule has 2 N–H and O–H groups in total. The normalized spacial score (nSPS) is 19.4.